The average molecular weight is 461 g/mol. The molecule has 33 heavy (non-hydrogen) atoms. The summed E-state index contributed by atoms with van der Waals surface area (Å²) < 4.78 is 21.9. The molecule has 10 nitrogen and oxygen atoms in total. The summed E-state index contributed by atoms with van der Waals surface area (Å²) in [5, 5.41) is 32.5. The Morgan fingerprint density at radius 1 is 1.06 bits per heavy atom. The van der Waals surface area contributed by atoms with E-state index < -0.39 is 47.6 Å². The summed E-state index contributed by atoms with van der Waals surface area (Å²) in [4.78, 5) is 23.5. The van der Waals surface area contributed by atoms with Crippen molar-refractivity contribution in [2.24, 2.45) is 0 Å². The SMILES string of the molecule is CCOC(=O)C([C@@H](OCc1ccccc1)[C@H]1OC(O)[C@H](O)[C@H]1OCc1ccccc1)[N+](=O)[O-]. The van der Waals surface area contributed by atoms with E-state index in [2.05, 4.69) is 0 Å². The number of carbonyl (C=O) groups excluding carboxylic acids is 1. The minimum absolute atomic E-state index is 0.0447. The van der Waals surface area contributed by atoms with Gasteiger partial charge in [0.25, 0.3) is 0 Å². The van der Waals surface area contributed by atoms with E-state index in [1.54, 1.807) is 42.5 Å². The van der Waals surface area contributed by atoms with Gasteiger partial charge in [0.2, 0.25) is 0 Å². The number of carbonyl (C=O) groups is 1. The van der Waals surface area contributed by atoms with E-state index in [4.69, 9.17) is 18.9 Å². The standard InChI is InChI=1S/C23H27NO9/c1-2-30-22(26)17(24(28)29)19(31-13-15-9-5-3-6-10-15)21-20(18(25)23(27)33-21)32-14-16-11-7-4-8-12-16/h3-12,17-21,23,25,27H,2,13-14H2,1H3/t17?,18-,19-,20-,21-,23?/m1/s1. The molecule has 2 aromatic rings. The molecule has 1 aliphatic heterocycles. The van der Waals surface area contributed by atoms with Crippen LogP contribution in [0.2, 0.25) is 0 Å². The quantitative estimate of drug-likeness (QED) is 0.289. The van der Waals surface area contributed by atoms with Crippen LogP contribution < -0.4 is 0 Å². The van der Waals surface area contributed by atoms with Gasteiger partial charge in [-0.05, 0) is 18.1 Å². The van der Waals surface area contributed by atoms with Crippen LogP contribution >= 0.6 is 0 Å². The van der Waals surface area contributed by atoms with Crippen LogP contribution in [0.3, 0.4) is 0 Å². The zero-order valence-electron chi connectivity index (χ0n) is 18.1. The smallest absolute Gasteiger partial charge is 0.384 e. The second-order valence-electron chi connectivity index (χ2n) is 7.49. The highest BCUT2D eigenvalue weighted by molar-refractivity contribution is 5.75. The Bertz CT molecular complexity index is 895. The first-order valence-electron chi connectivity index (χ1n) is 10.5. The van der Waals surface area contributed by atoms with E-state index in [1.165, 1.54) is 6.92 Å². The molecule has 0 saturated carbocycles. The Kier molecular flexibility index (Phi) is 8.87. The van der Waals surface area contributed by atoms with E-state index in [-0.39, 0.29) is 19.8 Å². The van der Waals surface area contributed by atoms with Crippen LogP contribution in [0.25, 0.3) is 0 Å². The lowest BCUT2D eigenvalue weighted by Gasteiger charge is -2.29. The number of esters is 1. The fourth-order valence-electron chi connectivity index (χ4n) is 3.60. The molecular formula is C23H27NO9. The van der Waals surface area contributed by atoms with Gasteiger partial charge in [0.15, 0.2) is 12.4 Å². The molecule has 1 heterocycles. The molecule has 0 aliphatic carbocycles. The van der Waals surface area contributed by atoms with Crippen LogP contribution in [0.15, 0.2) is 60.7 Å². The van der Waals surface area contributed by atoms with E-state index in [1.807, 2.05) is 18.2 Å². The molecule has 1 fully saturated rings. The topological polar surface area (TPSA) is 138 Å². The van der Waals surface area contributed by atoms with E-state index in [9.17, 15) is 25.1 Å². The Hall–Kier alpha value is -2.89. The van der Waals surface area contributed by atoms with Crippen molar-refractivity contribution in [3.63, 3.8) is 0 Å². The first kappa shape index (κ1) is 24.7. The van der Waals surface area contributed by atoms with Crippen molar-refractivity contribution in [3.05, 3.63) is 81.9 Å². The maximum absolute atomic E-state index is 12.5. The maximum Gasteiger partial charge on any atom is 0.384 e. The van der Waals surface area contributed by atoms with Crippen molar-refractivity contribution in [1.29, 1.82) is 0 Å². The van der Waals surface area contributed by atoms with Crippen molar-refractivity contribution >= 4 is 5.97 Å². The summed E-state index contributed by atoms with van der Waals surface area (Å²) >= 11 is 0. The Labute approximate surface area is 190 Å². The zero-order chi connectivity index (χ0) is 23.8. The lowest BCUT2D eigenvalue weighted by atomic mass is 9.99. The van der Waals surface area contributed by atoms with Gasteiger partial charge >= 0.3 is 12.0 Å². The first-order chi connectivity index (χ1) is 15.9. The van der Waals surface area contributed by atoms with Crippen LogP contribution in [0, 0.1) is 10.1 Å². The Morgan fingerprint density at radius 3 is 2.18 bits per heavy atom. The van der Waals surface area contributed by atoms with Gasteiger partial charge in [-0.1, -0.05) is 60.7 Å². The maximum atomic E-state index is 12.5. The first-order valence-corrected chi connectivity index (χ1v) is 10.5. The van der Waals surface area contributed by atoms with Crippen molar-refractivity contribution in [3.8, 4) is 0 Å². The summed E-state index contributed by atoms with van der Waals surface area (Å²) in [5.41, 5.74) is 1.48. The van der Waals surface area contributed by atoms with Gasteiger partial charge in [0.05, 0.1) is 19.8 Å². The van der Waals surface area contributed by atoms with Crippen LogP contribution in [-0.4, -0.2) is 64.5 Å². The van der Waals surface area contributed by atoms with Crippen LogP contribution in [-0.2, 0) is 37.0 Å². The average Bonchev–Trinajstić information content (AvgIpc) is 3.09. The van der Waals surface area contributed by atoms with Crippen LogP contribution in [0.1, 0.15) is 18.1 Å². The molecule has 2 unspecified atom stereocenters. The number of aliphatic hydroxyl groups excluding tert-OH is 2. The number of nitrogens with zero attached hydrogens (tertiary/aromatic N) is 1. The molecule has 0 aromatic heterocycles. The molecule has 2 aromatic carbocycles. The molecule has 0 spiro atoms. The molecule has 6 atom stereocenters. The lowest BCUT2D eigenvalue weighted by molar-refractivity contribution is -0.527. The number of ether oxygens (including phenoxy) is 4. The van der Waals surface area contributed by atoms with Crippen LogP contribution in [0.5, 0.6) is 0 Å². The van der Waals surface area contributed by atoms with Crippen molar-refractivity contribution in [2.45, 2.75) is 56.9 Å². The third-order valence-electron chi connectivity index (χ3n) is 5.21. The normalized spacial score (nSPS) is 24.2. The molecule has 2 N–H and O–H groups in total. The highest BCUT2D eigenvalue weighted by Gasteiger charge is 2.55. The minimum atomic E-state index is -1.96. The molecule has 0 amide bonds. The molecular weight excluding hydrogens is 434 g/mol. The zero-order valence-corrected chi connectivity index (χ0v) is 18.1. The monoisotopic (exact) mass is 461 g/mol. The number of nitro groups is 1. The molecule has 3 rings (SSSR count). The highest BCUT2D eigenvalue weighted by Crippen LogP contribution is 2.30. The number of rotatable bonds is 11. The third-order valence-corrected chi connectivity index (χ3v) is 5.21. The molecule has 0 bridgehead atoms. The van der Waals surface area contributed by atoms with Crippen molar-refractivity contribution in [1.82, 2.24) is 0 Å². The van der Waals surface area contributed by atoms with E-state index in [0.29, 0.717) is 5.56 Å². The van der Waals surface area contributed by atoms with E-state index >= 15 is 0 Å². The largest absolute Gasteiger partial charge is 0.461 e. The number of benzene rings is 2. The summed E-state index contributed by atoms with van der Waals surface area (Å²) in [6, 6.07) is 16.0. The van der Waals surface area contributed by atoms with Crippen LogP contribution in [0.4, 0.5) is 0 Å². The van der Waals surface area contributed by atoms with Gasteiger partial charge in [0, 0.05) is 4.92 Å². The molecule has 1 saturated heterocycles. The number of aliphatic hydroxyl groups is 2. The van der Waals surface area contributed by atoms with Gasteiger partial charge in [-0.25, -0.2) is 4.79 Å². The summed E-state index contributed by atoms with van der Waals surface area (Å²) in [6.45, 7) is 1.43. The van der Waals surface area contributed by atoms with Crippen molar-refractivity contribution < 1.29 is 38.9 Å². The minimum Gasteiger partial charge on any atom is -0.461 e. The van der Waals surface area contributed by atoms with Gasteiger partial charge in [-0.2, -0.15) is 0 Å². The summed E-state index contributed by atoms with van der Waals surface area (Å²) in [6.07, 6.45) is -7.20. The fraction of sp³-hybridized carbons (Fsp3) is 0.435. The number of hydrogen-bond acceptors (Lipinski definition) is 9. The van der Waals surface area contributed by atoms with E-state index in [0.717, 1.165) is 5.56 Å². The lowest BCUT2D eigenvalue weighted by Crippen LogP contribution is -2.53. The molecule has 0 radical (unpaired) electrons. The van der Waals surface area contributed by atoms with Gasteiger partial charge in [-0.15, -0.1) is 0 Å². The predicted octanol–water partition coefficient (Wildman–Crippen LogP) is 1.44. The second-order valence-corrected chi connectivity index (χ2v) is 7.49. The second kappa shape index (κ2) is 11.8. The van der Waals surface area contributed by atoms with Gasteiger partial charge < -0.3 is 29.2 Å². The third kappa shape index (κ3) is 6.34. The van der Waals surface area contributed by atoms with Gasteiger partial charge in [-0.3, -0.25) is 10.1 Å². The highest BCUT2D eigenvalue weighted by atomic mass is 16.7. The Morgan fingerprint density at radius 2 is 1.64 bits per heavy atom. The molecule has 1 aliphatic rings. The van der Waals surface area contributed by atoms with Gasteiger partial charge in [0.1, 0.15) is 18.3 Å². The van der Waals surface area contributed by atoms with Crippen molar-refractivity contribution in [2.75, 3.05) is 6.61 Å². The Balaban J connectivity index is 1.87. The summed E-state index contributed by atoms with van der Waals surface area (Å²) in [5.74, 6) is -1.11. The fourth-order valence-corrected chi connectivity index (χ4v) is 3.60. The molecule has 10 heteroatoms. The summed E-state index contributed by atoms with van der Waals surface area (Å²) in [7, 11) is 0. The molecule has 178 valence electrons. The number of hydrogen-bond donors (Lipinski definition) is 2. The predicted molar refractivity (Wildman–Crippen MR) is 114 cm³/mol.